The standard InChI is InChI=1S/C19H21NO5S/c1-4-14-5-9-16(10-6-14)20-18(21)13(2)25-19(22)15-7-11-17(12-8-15)26(3,23)24/h5-13H,4H2,1-3H3,(H,20,21)/t13-/m1/s1. The van der Waals surface area contributed by atoms with Gasteiger partial charge in [0.15, 0.2) is 15.9 Å². The molecule has 6 nitrogen and oxygen atoms in total. The Kier molecular flexibility index (Phi) is 6.15. The van der Waals surface area contributed by atoms with Crippen LogP contribution in [0.4, 0.5) is 5.69 Å². The predicted octanol–water partition coefficient (Wildman–Crippen LogP) is 2.84. The fraction of sp³-hybridized carbons (Fsp3) is 0.263. The molecule has 26 heavy (non-hydrogen) atoms. The molecule has 0 aliphatic rings. The van der Waals surface area contributed by atoms with E-state index in [0.717, 1.165) is 18.2 Å². The second kappa shape index (κ2) is 8.14. The number of anilines is 1. The van der Waals surface area contributed by atoms with Crippen LogP contribution in [0, 0.1) is 0 Å². The van der Waals surface area contributed by atoms with Gasteiger partial charge in [-0.1, -0.05) is 19.1 Å². The van der Waals surface area contributed by atoms with Crippen LogP contribution in [0.25, 0.3) is 0 Å². The van der Waals surface area contributed by atoms with Gasteiger partial charge in [0.05, 0.1) is 10.5 Å². The molecule has 0 unspecified atom stereocenters. The van der Waals surface area contributed by atoms with E-state index >= 15 is 0 Å². The molecule has 1 amide bonds. The highest BCUT2D eigenvalue weighted by Gasteiger charge is 2.19. The van der Waals surface area contributed by atoms with Gasteiger partial charge >= 0.3 is 5.97 Å². The highest BCUT2D eigenvalue weighted by atomic mass is 32.2. The summed E-state index contributed by atoms with van der Waals surface area (Å²) in [6.45, 7) is 3.51. The molecule has 0 radical (unpaired) electrons. The zero-order chi connectivity index (χ0) is 19.3. The number of carbonyl (C=O) groups is 2. The molecule has 0 bridgehead atoms. The average molecular weight is 375 g/mol. The van der Waals surface area contributed by atoms with Crippen molar-refractivity contribution in [2.45, 2.75) is 31.3 Å². The van der Waals surface area contributed by atoms with Gasteiger partial charge in [0.25, 0.3) is 5.91 Å². The van der Waals surface area contributed by atoms with E-state index in [-0.39, 0.29) is 10.5 Å². The van der Waals surface area contributed by atoms with Gasteiger partial charge in [-0.25, -0.2) is 13.2 Å². The molecule has 0 aliphatic heterocycles. The highest BCUT2D eigenvalue weighted by Crippen LogP contribution is 2.13. The third-order valence-electron chi connectivity index (χ3n) is 3.80. The quantitative estimate of drug-likeness (QED) is 0.784. The summed E-state index contributed by atoms with van der Waals surface area (Å²) in [5.74, 6) is -1.15. The molecule has 138 valence electrons. The van der Waals surface area contributed by atoms with Crippen LogP contribution in [0.1, 0.15) is 29.8 Å². The smallest absolute Gasteiger partial charge is 0.338 e. The Bertz CT molecular complexity index is 887. The molecular formula is C19H21NO5S. The van der Waals surface area contributed by atoms with E-state index in [1.54, 1.807) is 12.1 Å². The first kappa shape index (κ1) is 19.7. The van der Waals surface area contributed by atoms with Gasteiger partial charge in [-0.15, -0.1) is 0 Å². The third kappa shape index (κ3) is 5.16. The molecule has 0 spiro atoms. The first-order valence-electron chi connectivity index (χ1n) is 8.11. The maximum atomic E-state index is 12.2. The zero-order valence-corrected chi connectivity index (χ0v) is 15.7. The normalized spacial score (nSPS) is 12.3. The van der Waals surface area contributed by atoms with Gasteiger partial charge in [-0.05, 0) is 55.3 Å². The van der Waals surface area contributed by atoms with E-state index in [0.29, 0.717) is 5.69 Å². The first-order chi connectivity index (χ1) is 12.2. The highest BCUT2D eigenvalue weighted by molar-refractivity contribution is 7.90. The van der Waals surface area contributed by atoms with Crippen molar-refractivity contribution in [2.24, 2.45) is 0 Å². The molecule has 2 aromatic carbocycles. The molecule has 7 heteroatoms. The van der Waals surface area contributed by atoms with Crippen molar-refractivity contribution in [3.05, 3.63) is 59.7 Å². The number of nitrogens with one attached hydrogen (secondary N) is 1. The van der Waals surface area contributed by atoms with Gasteiger partial charge in [0, 0.05) is 11.9 Å². The van der Waals surface area contributed by atoms with Gasteiger partial charge in [-0.2, -0.15) is 0 Å². The fourth-order valence-electron chi connectivity index (χ4n) is 2.19. The summed E-state index contributed by atoms with van der Waals surface area (Å²) in [7, 11) is -3.34. The molecule has 1 N–H and O–H groups in total. The Labute approximate surface area is 153 Å². The lowest BCUT2D eigenvalue weighted by Gasteiger charge is -2.14. The SMILES string of the molecule is CCc1ccc(NC(=O)[C@@H](C)OC(=O)c2ccc(S(C)(=O)=O)cc2)cc1. The lowest BCUT2D eigenvalue weighted by Crippen LogP contribution is -2.30. The Morgan fingerprint density at radius 3 is 2.12 bits per heavy atom. The van der Waals surface area contributed by atoms with Crippen molar-refractivity contribution in [2.75, 3.05) is 11.6 Å². The minimum absolute atomic E-state index is 0.107. The summed E-state index contributed by atoms with van der Waals surface area (Å²) >= 11 is 0. The number of aryl methyl sites for hydroxylation is 1. The monoisotopic (exact) mass is 375 g/mol. The van der Waals surface area contributed by atoms with E-state index in [4.69, 9.17) is 4.74 Å². The molecular weight excluding hydrogens is 354 g/mol. The number of carbonyl (C=O) groups excluding carboxylic acids is 2. The molecule has 0 fully saturated rings. The zero-order valence-electron chi connectivity index (χ0n) is 14.9. The van der Waals surface area contributed by atoms with Crippen LogP contribution < -0.4 is 5.32 Å². The van der Waals surface area contributed by atoms with Crippen LogP contribution in [0.5, 0.6) is 0 Å². The van der Waals surface area contributed by atoms with Crippen LogP contribution in [0.3, 0.4) is 0 Å². The summed E-state index contributed by atoms with van der Waals surface area (Å²) < 4.78 is 28.0. The van der Waals surface area contributed by atoms with Crippen molar-refractivity contribution in [3.8, 4) is 0 Å². The first-order valence-corrected chi connectivity index (χ1v) is 10.0. The summed E-state index contributed by atoms with van der Waals surface area (Å²) in [6, 6.07) is 12.8. The van der Waals surface area contributed by atoms with Gasteiger partial charge in [0.2, 0.25) is 0 Å². The largest absolute Gasteiger partial charge is 0.449 e. The Morgan fingerprint density at radius 1 is 1.04 bits per heavy atom. The van der Waals surface area contributed by atoms with Crippen LogP contribution in [0.15, 0.2) is 53.4 Å². The molecule has 0 aromatic heterocycles. The summed E-state index contributed by atoms with van der Waals surface area (Å²) in [6.07, 6.45) is 0.989. The van der Waals surface area contributed by atoms with Crippen LogP contribution in [-0.2, 0) is 25.8 Å². The second-order valence-electron chi connectivity index (χ2n) is 5.88. The third-order valence-corrected chi connectivity index (χ3v) is 4.93. The number of hydrogen-bond acceptors (Lipinski definition) is 5. The molecule has 1 atom stereocenters. The van der Waals surface area contributed by atoms with E-state index in [1.807, 2.05) is 19.1 Å². The van der Waals surface area contributed by atoms with Gasteiger partial charge in [0.1, 0.15) is 0 Å². The van der Waals surface area contributed by atoms with E-state index in [9.17, 15) is 18.0 Å². The number of ether oxygens (including phenoxy) is 1. The summed E-state index contributed by atoms with van der Waals surface area (Å²) in [5, 5.41) is 2.68. The number of benzene rings is 2. The number of esters is 1. The summed E-state index contributed by atoms with van der Waals surface area (Å²) in [4.78, 5) is 24.4. The average Bonchev–Trinajstić information content (AvgIpc) is 2.61. The van der Waals surface area contributed by atoms with Gasteiger partial charge < -0.3 is 10.1 Å². The topological polar surface area (TPSA) is 89.5 Å². The van der Waals surface area contributed by atoms with Crippen molar-refractivity contribution in [1.29, 1.82) is 0 Å². The van der Waals surface area contributed by atoms with Crippen molar-refractivity contribution in [1.82, 2.24) is 0 Å². The van der Waals surface area contributed by atoms with Crippen molar-refractivity contribution >= 4 is 27.4 Å². The van der Waals surface area contributed by atoms with Crippen molar-refractivity contribution < 1.29 is 22.7 Å². The molecule has 0 heterocycles. The maximum absolute atomic E-state index is 12.2. The molecule has 0 saturated heterocycles. The maximum Gasteiger partial charge on any atom is 0.338 e. The molecule has 0 saturated carbocycles. The fourth-order valence-corrected chi connectivity index (χ4v) is 2.82. The second-order valence-corrected chi connectivity index (χ2v) is 7.90. The number of sulfone groups is 1. The predicted molar refractivity (Wildman–Crippen MR) is 98.9 cm³/mol. The number of amides is 1. The van der Waals surface area contributed by atoms with Crippen LogP contribution in [0.2, 0.25) is 0 Å². The lowest BCUT2D eigenvalue weighted by atomic mass is 10.1. The molecule has 0 aliphatic carbocycles. The minimum atomic E-state index is -3.34. The number of rotatable bonds is 6. The van der Waals surface area contributed by atoms with Crippen LogP contribution >= 0.6 is 0 Å². The lowest BCUT2D eigenvalue weighted by molar-refractivity contribution is -0.123. The van der Waals surface area contributed by atoms with Gasteiger partial charge in [-0.3, -0.25) is 4.79 Å². The molecule has 2 aromatic rings. The Hall–Kier alpha value is -2.67. The summed E-state index contributed by atoms with van der Waals surface area (Å²) in [5.41, 5.74) is 1.94. The van der Waals surface area contributed by atoms with Crippen molar-refractivity contribution in [3.63, 3.8) is 0 Å². The van der Waals surface area contributed by atoms with E-state index in [1.165, 1.54) is 31.2 Å². The number of hydrogen-bond donors (Lipinski definition) is 1. The molecule has 2 rings (SSSR count). The Morgan fingerprint density at radius 2 is 1.62 bits per heavy atom. The van der Waals surface area contributed by atoms with E-state index in [2.05, 4.69) is 5.32 Å². The Balaban J connectivity index is 1.97. The van der Waals surface area contributed by atoms with E-state index < -0.39 is 27.8 Å². The minimum Gasteiger partial charge on any atom is -0.449 e. The van der Waals surface area contributed by atoms with Crippen LogP contribution in [-0.4, -0.2) is 32.7 Å².